The van der Waals surface area contributed by atoms with Crippen LogP contribution in [0.4, 0.5) is 14.5 Å². The molecule has 1 aromatic carbocycles. The molecule has 1 saturated heterocycles. The fourth-order valence-corrected chi connectivity index (χ4v) is 2.50. The molecule has 0 saturated carbocycles. The molecule has 0 N–H and O–H groups in total. The molecular formula is C14H13F2NO4. The highest BCUT2D eigenvalue weighted by molar-refractivity contribution is 6.52. The molecular weight excluding hydrogens is 284 g/mol. The number of hydrogen-bond acceptors (Lipinski definition) is 4. The molecule has 112 valence electrons. The van der Waals surface area contributed by atoms with Crippen LogP contribution >= 0.6 is 0 Å². The predicted octanol–water partition coefficient (Wildman–Crippen LogP) is 1.65. The lowest BCUT2D eigenvalue weighted by Crippen LogP contribution is -2.35. The van der Waals surface area contributed by atoms with Crippen molar-refractivity contribution in [3.63, 3.8) is 0 Å². The maximum Gasteiger partial charge on any atom is 0.299 e. The van der Waals surface area contributed by atoms with Crippen molar-refractivity contribution in [2.75, 3.05) is 24.7 Å². The summed E-state index contributed by atoms with van der Waals surface area (Å²) in [5.74, 6) is -3.63. The first-order valence-electron chi connectivity index (χ1n) is 6.67. The third-order valence-electron chi connectivity index (χ3n) is 3.50. The van der Waals surface area contributed by atoms with E-state index < -0.39 is 35.2 Å². The summed E-state index contributed by atoms with van der Waals surface area (Å²) in [7, 11) is 0. The summed E-state index contributed by atoms with van der Waals surface area (Å²) in [6.45, 7) is 1.14. The average molecular weight is 297 g/mol. The number of halogens is 2. The van der Waals surface area contributed by atoms with Crippen LogP contribution in [0.1, 0.15) is 23.2 Å². The van der Waals surface area contributed by atoms with E-state index in [1.54, 1.807) is 0 Å². The van der Waals surface area contributed by atoms with Crippen molar-refractivity contribution in [3.05, 3.63) is 29.3 Å². The van der Waals surface area contributed by atoms with E-state index in [9.17, 15) is 18.4 Å². The van der Waals surface area contributed by atoms with Gasteiger partial charge in [0.15, 0.2) is 6.29 Å². The maximum atomic E-state index is 13.9. The standard InChI is InChI=1S/C14H13F2NO4/c15-8-2-3-9(16)12-11(8)13(18)14(19)17(12)5-4-10-20-6-1-7-21-10/h2-3,10H,1,4-7H2. The quantitative estimate of drug-likeness (QED) is 0.796. The molecule has 1 fully saturated rings. The van der Waals surface area contributed by atoms with Crippen LogP contribution in [0.3, 0.4) is 0 Å². The number of carbonyl (C=O) groups excluding carboxylic acids is 2. The van der Waals surface area contributed by atoms with E-state index in [4.69, 9.17) is 9.47 Å². The molecule has 3 rings (SSSR count). The summed E-state index contributed by atoms with van der Waals surface area (Å²) >= 11 is 0. The highest BCUT2D eigenvalue weighted by Gasteiger charge is 2.40. The number of carbonyl (C=O) groups is 2. The molecule has 21 heavy (non-hydrogen) atoms. The van der Waals surface area contributed by atoms with E-state index in [0.29, 0.717) is 13.2 Å². The molecule has 7 heteroatoms. The number of benzene rings is 1. The van der Waals surface area contributed by atoms with Gasteiger partial charge in [-0.1, -0.05) is 0 Å². The molecule has 0 radical (unpaired) electrons. The molecule has 5 nitrogen and oxygen atoms in total. The lowest BCUT2D eigenvalue weighted by Gasteiger charge is -2.25. The zero-order chi connectivity index (χ0) is 15.0. The lowest BCUT2D eigenvalue weighted by molar-refractivity contribution is -0.179. The Morgan fingerprint density at radius 1 is 1.14 bits per heavy atom. The Balaban J connectivity index is 1.82. The van der Waals surface area contributed by atoms with Crippen LogP contribution in [0.2, 0.25) is 0 Å². The van der Waals surface area contributed by atoms with Crippen molar-refractivity contribution >= 4 is 17.4 Å². The van der Waals surface area contributed by atoms with Gasteiger partial charge in [-0.2, -0.15) is 0 Å². The fraction of sp³-hybridized carbons (Fsp3) is 0.429. The first kappa shape index (κ1) is 14.1. The van der Waals surface area contributed by atoms with E-state index in [2.05, 4.69) is 0 Å². The van der Waals surface area contributed by atoms with E-state index in [0.717, 1.165) is 23.5 Å². The van der Waals surface area contributed by atoms with Crippen LogP contribution in [-0.2, 0) is 14.3 Å². The van der Waals surface area contributed by atoms with Gasteiger partial charge in [0.2, 0.25) is 0 Å². The minimum absolute atomic E-state index is 0.0304. The van der Waals surface area contributed by atoms with Gasteiger partial charge in [-0.05, 0) is 18.6 Å². The predicted molar refractivity (Wildman–Crippen MR) is 68.0 cm³/mol. The highest BCUT2D eigenvalue weighted by Crippen LogP contribution is 2.34. The number of Topliss-reactive ketones (excluding diaryl/α,β-unsaturated/α-hetero) is 1. The Bertz CT molecular complexity index is 599. The second-order valence-corrected chi connectivity index (χ2v) is 4.85. The zero-order valence-electron chi connectivity index (χ0n) is 11.1. The Morgan fingerprint density at radius 3 is 2.52 bits per heavy atom. The summed E-state index contributed by atoms with van der Waals surface area (Å²) in [4.78, 5) is 24.6. The number of amides is 1. The van der Waals surface area contributed by atoms with Crippen LogP contribution in [-0.4, -0.2) is 37.7 Å². The minimum Gasteiger partial charge on any atom is -0.353 e. The van der Waals surface area contributed by atoms with E-state index in [1.807, 2.05) is 0 Å². The van der Waals surface area contributed by atoms with Gasteiger partial charge in [0, 0.05) is 13.0 Å². The van der Waals surface area contributed by atoms with Crippen LogP contribution < -0.4 is 4.90 Å². The van der Waals surface area contributed by atoms with Gasteiger partial charge in [-0.25, -0.2) is 8.78 Å². The van der Waals surface area contributed by atoms with Crippen molar-refractivity contribution in [1.82, 2.24) is 0 Å². The van der Waals surface area contributed by atoms with Gasteiger partial charge in [0.05, 0.1) is 24.5 Å². The van der Waals surface area contributed by atoms with E-state index in [1.165, 1.54) is 0 Å². The van der Waals surface area contributed by atoms with E-state index in [-0.39, 0.29) is 18.7 Å². The van der Waals surface area contributed by atoms with Crippen LogP contribution in [0.15, 0.2) is 12.1 Å². The fourth-order valence-electron chi connectivity index (χ4n) is 2.50. The average Bonchev–Trinajstić information content (AvgIpc) is 2.75. The molecule has 1 amide bonds. The second-order valence-electron chi connectivity index (χ2n) is 4.85. The summed E-state index contributed by atoms with van der Waals surface area (Å²) in [5.41, 5.74) is -0.786. The van der Waals surface area contributed by atoms with Crippen LogP contribution in [0.5, 0.6) is 0 Å². The smallest absolute Gasteiger partial charge is 0.299 e. The summed E-state index contributed by atoms with van der Waals surface area (Å²) in [5, 5.41) is 0. The molecule has 0 bridgehead atoms. The van der Waals surface area contributed by atoms with Crippen molar-refractivity contribution in [3.8, 4) is 0 Å². The molecule has 0 aliphatic carbocycles. The van der Waals surface area contributed by atoms with Gasteiger partial charge >= 0.3 is 0 Å². The number of fused-ring (bicyclic) bond motifs is 1. The highest BCUT2D eigenvalue weighted by atomic mass is 19.1. The Kier molecular flexibility index (Phi) is 3.69. The number of rotatable bonds is 3. The molecule has 0 atom stereocenters. The third-order valence-corrected chi connectivity index (χ3v) is 3.50. The van der Waals surface area contributed by atoms with Crippen molar-refractivity contribution < 1.29 is 27.8 Å². The zero-order valence-corrected chi connectivity index (χ0v) is 11.1. The molecule has 2 heterocycles. The Hall–Kier alpha value is -1.86. The minimum atomic E-state index is -1.02. The third kappa shape index (κ3) is 2.43. The molecule has 0 unspecified atom stereocenters. The largest absolute Gasteiger partial charge is 0.353 e. The molecule has 1 aromatic rings. The molecule has 0 spiro atoms. The van der Waals surface area contributed by atoms with Crippen LogP contribution in [0, 0.1) is 11.6 Å². The van der Waals surface area contributed by atoms with Crippen molar-refractivity contribution in [2.24, 2.45) is 0 Å². The number of ketones is 1. The summed E-state index contributed by atoms with van der Waals surface area (Å²) in [6, 6.07) is 1.75. The van der Waals surface area contributed by atoms with Gasteiger partial charge in [-0.15, -0.1) is 0 Å². The number of anilines is 1. The SMILES string of the molecule is O=C1C(=O)N(CCC2OCCCO2)c2c(F)ccc(F)c21. The lowest BCUT2D eigenvalue weighted by atomic mass is 10.1. The first-order chi connectivity index (χ1) is 10.1. The molecule has 0 aromatic heterocycles. The maximum absolute atomic E-state index is 13.9. The van der Waals surface area contributed by atoms with E-state index >= 15 is 0 Å². The Labute approximate surface area is 119 Å². The second kappa shape index (κ2) is 5.50. The van der Waals surface area contributed by atoms with Gasteiger partial charge in [0.25, 0.3) is 11.7 Å². The number of hydrogen-bond donors (Lipinski definition) is 0. The normalized spacial score (nSPS) is 19.2. The summed E-state index contributed by atoms with van der Waals surface area (Å²) < 4.78 is 38.2. The molecule has 2 aliphatic heterocycles. The van der Waals surface area contributed by atoms with Crippen molar-refractivity contribution in [2.45, 2.75) is 19.1 Å². The van der Waals surface area contributed by atoms with Crippen LogP contribution in [0.25, 0.3) is 0 Å². The van der Waals surface area contributed by atoms with Gasteiger partial charge in [0.1, 0.15) is 11.6 Å². The van der Waals surface area contributed by atoms with Gasteiger partial charge in [-0.3, -0.25) is 9.59 Å². The monoisotopic (exact) mass is 297 g/mol. The first-order valence-corrected chi connectivity index (χ1v) is 6.67. The van der Waals surface area contributed by atoms with Crippen molar-refractivity contribution in [1.29, 1.82) is 0 Å². The topological polar surface area (TPSA) is 55.8 Å². The van der Waals surface area contributed by atoms with Gasteiger partial charge < -0.3 is 14.4 Å². The number of nitrogens with zero attached hydrogens (tertiary/aromatic N) is 1. The Morgan fingerprint density at radius 2 is 1.81 bits per heavy atom. The number of ether oxygens (including phenoxy) is 2. The molecule has 2 aliphatic rings. The summed E-state index contributed by atoms with van der Waals surface area (Å²) in [6.07, 6.45) is 0.580.